The van der Waals surface area contributed by atoms with Crippen LogP contribution in [0.4, 0.5) is 30.7 Å². The third-order valence-electron chi connectivity index (χ3n) is 0.868. The van der Waals surface area contributed by atoms with Gasteiger partial charge in [-0.1, -0.05) is 0 Å². The minimum atomic E-state index is -5.95. The second-order valence-electron chi connectivity index (χ2n) is 1.80. The molecule has 0 amide bonds. The largest absolute Gasteiger partial charge is 0.426 e. The average Bonchev–Trinajstić information content (AvgIpc) is 1.83. The number of alkyl halides is 6. The van der Waals surface area contributed by atoms with Crippen LogP contribution in [0.3, 0.4) is 0 Å². The highest BCUT2D eigenvalue weighted by molar-refractivity contribution is 5.77. The Hall–Kier alpha value is -0.820. The van der Waals surface area contributed by atoms with Crippen LogP contribution in [0.25, 0.3) is 0 Å². The average molecular weight is 198 g/mol. The lowest BCUT2D eigenvalue weighted by Gasteiger charge is -2.17. The summed E-state index contributed by atoms with van der Waals surface area (Å²) in [6, 6.07) is -3.65. The Bertz CT molecular complexity index is 182. The van der Waals surface area contributed by atoms with Crippen LogP contribution in [-0.2, 0) is 4.79 Å². The Balaban J connectivity index is 4.69. The summed E-state index contributed by atoms with van der Waals surface area (Å²) in [5, 5.41) is 0. The van der Waals surface area contributed by atoms with Gasteiger partial charge < -0.3 is 0 Å². The van der Waals surface area contributed by atoms with Gasteiger partial charge in [-0.25, -0.2) is 4.39 Å². The number of halogens is 7. The van der Waals surface area contributed by atoms with Crippen molar-refractivity contribution < 1.29 is 35.5 Å². The molecule has 0 aliphatic carbocycles. The number of rotatable bonds is 2. The fourth-order valence-electron chi connectivity index (χ4n) is 0.305. The van der Waals surface area contributed by atoms with Crippen LogP contribution in [0.5, 0.6) is 0 Å². The van der Waals surface area contributed by atoms with E-state index in [-0.39, 0.29) is 0 Å². The van der Waals surface area contributed by atoms with Crippen LogP contribution >= 0.6 is 0 Å². The predicted octanol–water partition coefficient (Wildman–Crippen LogP) is 2.02. The van der Waals surface area contributed by atoms with Crippen molar-refractivity contribution >= 4 is 6.04 Å². The molecule has 0 saturated carbocycles. The monoisotopic (exact) mass is 198 g/mol. The fraction of sp³-hybridized carbons (Fsp3) is 0.750. The molecule has 0 aromatic heterocycles. The Labute approximate surface area is 61.2 Å². The number of carbonyl (C=O) groups excluding carboxylic acids is 1. The van der Waals surface area contributed by atoms with Crippen molar-refractivity contribution in [1.82, 2.24) is 0 Å². The Morgan fingerprint density at radius 3 is 1.50 bits per heavy atom. The minimum absolute atomic E-state index is 3.65. The molecule has 0 aromatic rings. The molecule has 1 unspecified atom stereocenters. The summed E-state index contributed by atoms with van der Waals surface area (Å²) in [5.74, 6) is -5.65. The van der Waals surface area contributed by atoms with Crippen molar-refractivity contribution in [2.75, 3.05) is 0 Å². The molecule has 8 heteroatoms. The van der Waals surface area contributed by atoms with E-state index in [9.17, 15) is 35.5 Å². The van der Waals surface area contributed by atoms with Crippen molar-refractivity contribution in [2.24, 2.45) is 0 Å². The van der Waals surface area contributed by atoms with E-state index in [1.807, 2.05) is 0 Å². The highest BCUT2D eigenvalue weighted by atomic mass is 19.4. The minimum Gasteiger partial charge on any atom is -0.254 e. The molecule has 12 heavy (non-hydrogen) atoms. The molecule has 0 rings (SSSR count). The third-order valence-corrected chi connectivity index (χ3v) is 0.868. The summed E-state index contributed by atoms with van der Waals surface area (Å²) < 4.78 is 79.4. The zero-order valence-electron chi connectivity index (χ0n) is 5.13. The van der Waals surface area contributed by atoms with Crippen LogP contribution in [-0.4, -0.2) is 24.3 Å². The highest BCUT2D eigenvalue weighted by Gasteiger charge is 2.61. The molecule has 72 valence electrons. The van der Waals surface area contributed by atoms with E-state index >= 15 is 0 Å². The summed E-state index contributed by atoms with van der Waals surface area (Å²) >= 11 is 0. The molecule has 0 radical (unpaired) electrons. The van der Waals surface area contributed by atoms with Gasteiger partial charge in [0.1, 0.15) is 0 Å². The Morgan fingerprint density at radius 2 is 1.42 bits per heavy atom. The standard InChI is InChI=1S/C4HF7O/c5-1(4(9,10)11)3(7,8)2(6)12/h1H. The maximum atomic E-state index is 11.6. The Kier molecular flexibility index (Phi) is 2.71. The summed E-state index contributed by atoms with van der Waals surface area (Å²) in [5.41, 5.74) is 0. The molecule has 0 spiro atoms. The lowest BCUT2D eigenvalue weighted by molar-refractivity contribution is -0.243. The van der Waals surface area contributed by atoms with Gasteiger partial charge >= 0.3 is 18.1 Å². The molecule has 0 aliphatic heterocycles. The second-order valence-corrected chi connectivity index (χ2v) is 1.80. The first kappa shape index (κ1) is 11.2. The van der Waals surface area contributed by atoms with Gasteiger partial charge in [0.05, 0.1) is 0 Å². The van der Waals surface area contributed by atoms with Gasteiger partial charge in [-0.05, 0) is 0 Å². The first-order chi connectivity index (χ1) is 5.10. The van der Waals surface area contributed by atoms with Crippen LogP contribution in [0, 0.1) is 0 Å². The van der Waals surface area contributed by atoms with Gasteiger partial charge in [0.2, 0.25) is 0 Å². The molecule has 0 aromatic carbocycles. The maximum absolute atomic E-state index is 11.6. The van der Waals surface area contributed by atoms with Crippen molar-refractivity contribution in [2.45, 2.75) is 18.3 Å². The summed E-state index contributed by atoms with van der Waals surface area (Å²) in [6.07, 6.45) is -10.8. The van der Waals surface area contributed by atoms with Gasteiger partial charge in [0.25, 0.3) is 6.17 Å². The molecule has 0 fully saturated rings. The smallest absolute Gasteiger partial charge is 0.254 e. The van der Waals surface area contributed by atoms with Crippen LogP contribution in [0.15, 0.2) is 0 Å². The summed E-state index contributed by atoms with van der Waals surface area (Å²) in [7, 11) is 0. The maximum Gasteiger partial charge on any atom is 0.426 e. The van der Waals surface area contributed by atoms with Crippen molar-refractivity contribution in [3.63, 3.8) is 0 Å². The second kappa shape index (κ2) is 2.91. The molecule has 0 bridgehead atoms. The van der Waals surface area contributed by atoms with E-state index in [1.165, 1.54) is 0 Å². The van der Waals surface area contributed by atoms with E-state index in [0.29, 0.717) is 0 Å². The lowest BCUT2D eigenvalue weighted by Crippen LogP contribution is -2.45. The van der Waals surface area contributed by atoms with Crippen molar-refractivity contribution in [1.29, 1.82) is 0 Å². The van der Waals surface area contributed by atoms with Crippen LogP contribution in [0.1, 0.15) is 0 Å². The van der Waals surface area contributed by atoms with E-state index in [0.717, 1.165) is 0 Å². The van der Waals surface area contributed by atoms with E-state index in [4.69, 9.17) is 0 Å². The first-order valence-electron chi connectivity index (χ1n) is 2.38. The van der Waals surface area contributed by atoms with Gasteiger partial charge in [-0.2, -0.15) is 26.3 Å². The van der Waals surface area contributed by atoms with Gasteiger partial charge in [-0.3, -0.25) is 4.79 Å². The van der Waals surface area contributed by atoms with E-state index in [2.05, 4.69) is 0 Å². The zero-order valence-corrected chi connectivity index (χ0v) is 5.13. The molecule has 0 saturated heterocycles. The molecule has 1 atom stereocenters. The molecule has 0 N–H and O–H groups in total. The molecule has 0 heterocycles. The van der Waals surface area contributed by atoms with Crippen LogP contribution in [0.2, 0.25) is 0 Å². The summed E-state index contributed by atoms with van der Waals surface area (Å²) in [6.45, 7) is 0. The zero-order chi connectivity index (χ0) is 10.2. The molecular formula is C4HF7O. The predicted molar refractivity (Wildman–Crippen MR) is 22.0 cm³/mol. The van der Waals surface area contributed by atoms with E-state index in [1.54, 1.807) is 0 Å². The highest BCUT2D eigenvalue weighted by Crippen LogP contribution is 2.35. The van der Waals surface area contributed by atoms with Gasteiger partial charge in [-0.15, -0.1) is 0 Å². The lowest BCUT2D eigenvalue weighted by atomic mass is 10.2. The number of hydrogen-bond acceptors (Lipinski definition) is 1. The third kappa shape index (κ3) is 2.08. The fourth-order valence-corrected chi connectivity index (χ4v) is 0.305. The topological polar surface area (TPSA) is 17.1 Å². The van der Waals surface area contributed by atoms with Crippen molar-refractivity contribution in [3.8, 4) is 0 Å². The number of carbonyl (C=O) groups is 1. The van der Waals surface area contributed by atoms with E-state index < -0.39 is 24.3 Å². The van der Waals surface area contributed by atoms with Gasteiger partial charge in [0.15, 0.2) is 0 Å². The Morgan fingerprint density at radius 1 is 1.08 bits per heavy atom. The van der Waals surface area contributed by atoms with Crippen LogP contribution < -0.4 is 0 Å². The first-order valence-corrected chi connectivity index (χ1v) is 2.38. The number of hydrogen-bond donors (Lipinski definition) is 0. The molecular weight excluding hydrogens is 197 g/mol. The summed E-state index contributed by atoms with van der Waals surface area (Å²) in [4.78, 5) is 9.20. The SMILES string of the molecule is O=C(F)C(F)(F)C(F)C(F)(F)F. The molecule has 1 nitrogen and oxygen atoms in total. The van der Waals surface area contributed by atoms with Gasteiger partial charge in [0, 0.05) is 0 Å². The normalized spacial score (nSPS) is 15.9. The molecule has 0 aliphatic rings. The van der Waals surface area contributed by atoms with Crippen molar-refractivity contribution in [3.05, 3.63) is 0 Å². The quantitative estimate of drug-likeness (QED) is 0.490.